The molecule has 1 atom stereocenters. The molecule has 0 saturated carbocycles. The molecule has 0 radical (unpaired) electrons. The molecule has 1 amide bonds. The molecule has 142 valence electrons. The van der Waals surface area contributed by atoms with Crippen LogP contribution in [0.2, 0.25) is 0 Å². The summed E-state index contributed by atoms with van der Waals surface area (Å²) >= 11 is 0. The number of hydrogen-bond acceptors (Lipinski definition) is 3. The van der Waals surface area contributed by atoms with Crippen molar-refractivity contribution >= 4 is 22.6 Å². The van der Waals surface area contributed by atoms with Crippen LogP contribution in [0.5, 0.6) is 5.75 Å². The van der Waals surface area contributed by atoms with Gasteiger partial charge in [-0.15, -0.1) is 0 Å². The number of nitrogens with two attached hydrogens (primary N) is 1. The number of methoxy groups -OCH3 is 1. The number of benzene rings is 2. The minimum atomic E-state index is 0.00357. The molecule has 0 unspecified atom stereocenters. The molecule has 0 bridgehead atoms. The second kappa shape index (κ2) is 9.19. The second-order valence-corrected chi connectivity index (χ2v) is 6.73. The average Bonchev–Trinajstić information content (AvgIpc) is 3.09. The molecule has 6 heteroatoms. The normalized spacial score (nSPS) is 12.1. The van der Waals surface area contributed by atoms with Crippen LogP contribution in [0, 0.1) is 0 Å². The lowest BCUT2D eigenvalue weighted by molar-refractivity contribution is -0.685. The lowest BCUT2D eigenvalue weighted by Gasteiger charge is -2.13. The average molecular weight is 367 g/mol. The van der Waals surface area contributed by atoms with Gasteiger partial charge < -0.3 is 19.9 Å². The van der Waals surface area contributed by atoms with Crippen LogP contribution in [-0.4, -0.2) is 35.2 Å². The fourth-order valence-corrected chi connectivity index (χ4v) is 3.18. The summed E-state index contributed by atoms with van der Waals surface area (Å²) in [6.45, 7) is 3.97. The summed E-state index contributed by atoms with van der Waals surface area (Å²) in [5.41, 5.74) is 2.91. The Bertz CT molecular complexity index is 891. The number of aromatic nitrogens is 2. The van der Waals surface area contributed by atoms with Crippen LogP contribution >= 0.6 is 0 Å². The highest BCUT2D eigenvalue weighted by atomic mass is 16.5. The highest BCUT2D eigenvalue weighted by Crippen LogP contribution is 2.23. The third-order valence-corrected chi connectivity index (χ3v) is 4.59. The lowest BCUT2D eigenvalue weighted by atomic mass is 10.2. The lowest BCUT2D eigenvalue weighted by Crippen LogP contribution is -2.89. The van der Waals surface area contributed by atoms with Crippen LogP contribution in [0.3, 0.4) is 0 Å². The van der Waals surface area contributed by atoms with E-state index in [9.17, 15) is 4.79 Å². The zero-order valence-electron chi connectivity index (χ0n) is 15.9. The van der Waals surface area contributed by atoms with E-state index in [-0.39, 0.29) is 11.9 Å². The summed E-state index contributed by atoms with van der Waals surface area (Å²) in [7, 11) is 1.60. The number of imidazole rings is 1. The largest absolute Gasteiger partial charge is 0.495 e. The third kappa shape index (κ3) is 5.08. The van der Waals surface area contributed by atoms with Gasteiger partial charge in [0, 0.05) is 13.0 Å². The number of quaternary nitrogens is 1. The van der Waals surface area contributed by atoms with E-state index in [1.807, 2.05) is 48.8 Å². The van der Waals surface area contributed by atoms with E-state index >= 15 is 0 Å². The predicted molar refractivity (Wildman–Crippen MR) is 107 cm³/mol. The number of nitrogens with one attached hydrogen (secondary N) is 1. The highest BCUT2D eigenvalue weighted by Gasteiger charge is 2.13. The van der Waals surface area contributed by atoms with Crippen molar-refractivity contribution in [1.29, 1.82) is 0 Å². The van der Waals surface area contributed by atoms with Gasteiger partial charge in [0.15, 0.2) is 0 Å². The molecule has 6 nitrogen and oxygen atoms in total. The van der Waals surface area contributed by atoms with Gasteiger partial charge in [-0.25, -0.2) is 4.98 Å². The first-order valence-corrected chi connectivity index (χ1v) is 9.33. The molecule has 3 rings (SSSR count). The molecule has 0 aliphatic heterocycles. The van der Waals surface area contributed by atoms with Gasteiger partial charge in [0.2, 0.25) is 5.91 Å². The van der Waals surface area contributed by atoms with Crippen molar-refractivity contribution < 1.29 is 14.8 Å². The van der Waals surface area contributed by atoms with Crippen LogP contribution in [0.4, 0.5) is 5.69 Å². The Hall–Kier alpha value is -2.86. The number of para-hydroxylation sites is 4. The molecule has 0 spiro atoms. The molecular weight excluding hydrogens is 340 g/mol. The molecule has 27 heavy (non-hydrogen) atoms. The smallest absolute Gasteiger partial charge is 0.230 e. The number of anilines is 1. The zero-order chi connectivity index (χ0) is 19.1. The minimum Gasteiger partial charge on any atom is -0.495 e. The standard InChI is InChI=1S/C21H26N4O2/c1-16(14-21(26)24-18-9-4-6-11-20(18)27-2)22-12-7-13-25-15-23-17-8-3-5-10-19(17)25/h3-6,8-11,15-16,22H,7,12-14H2,1-2H3,(H,24,26)/p+1/t16-/m0/s1. The first-order valence-electron chi connectivity index (χ1n) is 9.33. The Labute approximate surface area is 159 Å². The number of hydrogen-bond donors (Lipinski definition) is 2. The number of fused-ring (bicyclic) bond motifs is 1. The number of carbonyl (C=O) groups is 1. The van der Waals surface area contributed by atoms with E-state index in [4.69, 9.17) is 4.74 Å². The van der Waals surface area contributed by atoms with Gasteiger partial charge in [-0.3, -0.25) is 4.79 Å². The van der Waals surface area contributed by atoms with Gasteiger partial charge in [-0.05, 0) is 31.2 Å². The zero-order valence-corrected chi connectivity index (χ0v) is 15.9. The van der Waals surface area contributed by atoms with E-state index in [0.29, 0.717) is 17.9 Å². The molecule has 3 N–H and O–H groups in total. The van der Waals surface area contributed by atoms with Crippen molar-refractivity contribution in [1.82, 2.24) is 9.55 Å². The van der Waals surface area contributed by atoms with E-state index in [1.54, 1.807) is 7.11 Å². The van der Waals surface area contributed by atoms with Crippen LogP contribution in [0.15, 0.2) is 54.9 Å². The van der Waals surface area contributed by atoms with Crippen molar-refractivity contribution in [3.8, 4) is 5.75 Å². The minimum absolute atomic E-state index is 0.00357. The molecule has 0 aliphatic carbocycles. The quantitative estimate of drug-likeness (QED) is 0.571. The molecule has 1 heterocycles. The molecule has 1 aromatic heterocycles. The number of amides is 1. The molecule has 2 aromatic carbocycles. The number of aryl methyl sites for hydroxylation is 1. The Morgan fingerprint density at radius 3 is 2.85 bits per heavy atom. The molecule has 0 fully saturated rings. The summed E-state index contributed by atoms with van der Waals surface area (Å²) < 4.78 is 7.45. The molecule has 0 aliphatic rings. The maximum Gasteiger partial charge on any atom is 0.230 e. The first-order chi connectivity index (χ1) is 13.2. The van der Waals surface area contributed by atoms with Gasteiger partial charge in [0.1, 0.15) is 5.75 Å². The van der Waals surface area contributed by atoms with Gasteiger partial charge >= 0.3 is 0 Å². The first kappa shape index (κ1) is 18.9. The number of ether oxygens (including phenoxy) is 1. The summed E-state index contributed by atoms with van der Waals surface area (Å²) in [6.07, 6.45) is 3.39. The van der Waals surface area contributed by atoms with Crippen LogP contribution in [0.1, 0.15) is 19.8 Å². The molecular formula is C21H27N4O2+. The van der Waals surface area contributed by atoms with Crippen molar-refractivity contribution in [2.75, 3.05) is 19.0 Å². The number of carbonyl (C=O) groups excluding carboxylic acids is 1. The maximum absolute atomic E-state index is 12.3. The summed E-state index contributed by atoms with van der Waals surface area (Å²) in [6, 6.07) is 15.8. The fraction of sp³-hybridized carbons (Fsp3) is 0.333. The molecule has 3 aromatic rings. The Kier molecular flexibility index (Phi) is 6.44. The van der Waals surface area contributed by atoms with Crippen molar-refractivity contribution in [2.45, 2.75) is 32.4 Å². The number of nitrogens with zero attached hydrogens (tertiary/aromatic N) is 2. The van der Waals surface area contributed by atoms with E-state index < -0.39 is 0 Å². The summed E-state index contributed by atoms with van der Waals surface area (Å²) in [5.74, 6) is 0.680. The monoisotopic (exact) mass is 367 g/mol. The SMILES string of the molecule is COc1ccccc1NC(=O)C[C@H](C)[NH2+]CCCn1cnc2ccccc21. The summed E-state index contributed by atoms with van der Waals surface area (Å²) in [5, 5.41) is 5.15. The van der Waals surface area contributed by atoms with Gasteiger partial charge in [0.25, 0.3) is 0 Å². The van der Waals surface area contributed by atoms with E-state index in [0.717, 1.165) is 25.0 Å². The van der Waals surface area contributed by atoms with Gasteiger partial charge in [-0.1, -0.05) is 24.3 Å². The van der Waals surface area contributed by atoms with Gasteiger partial charge in [0.05, 0.1) is 49.2 Å². The predicted octanol–water partition coefficient (Wildman–Crippen LogP) is 2.42. The van der Waals surface area contributed by atoms with Crippen molar-refractivity contribution in [2.24, 2.45) is 0 Å². The highest BCUT2D eigenvalue weighted by molar-refractivity contribution is 5.92. The maximum atomic E-state index is 12.3. The van der Waals surface area contributed by atoms with Crippen molar-refractivity contribution in [3.63, 3.8) is 0 Å². The Morgan fingerprint density at radius 2 is 2.00 bits per heavy atom. The Morgan fingerprint density at radius 1 is 1.22 bits per heavy atom. The summed E-state index contributed by atoms with van der Waals surface area (Å²) in [4.78, 5) is 16.7. The third-order valence-electron chi connectivity index (χ3n) is 4.59. The topological polar surface area (TPSA) is 72.8 Å². The second-order valence-electron chi connectivity index (χ2n) is 6.73. The number of rotatable bonds is 9. The Balaban J connectivity index is 1.40. The van der Waals surface area contributed by atoms with Crippen LogP contribution in [0.25, 0.3) is 11.0 Å². The van der Waals surface area contributed by atoms with Crippen molar-refractivity contribution in [3.05, 3.63) is 54.9 Å². The van der Waals surface area contributed by atoms with Crippen LogP contribution < -0.4 is 15.4 Å². The van der Waals surface area contributed by atoms with E-state index in [1.165, 1.54) is 5.52 Å². The van der Waals surface area contributed by atoms with E-state index in [2.05, 4.69) is 33.2 Å². The molecule has 0 saturated heterocycles. The van der Waals surface area contributed by atoms with Crippen LogP contribution in [-0.2, 0) is 11.3 Å². The fourth-order valence-electron chi connectivity index (χ4n) is 3.18. The van der Waals surface area contributed by atoms with Gasteiger partial charge in [-0.2, -0.15) is 0 Å².